The van der Waals surface area contributed by atoms with E-state index in [0.717, 1.165) is 13.0 Å². The second-order valence-corrected chi connectivity index (χ2v) is 5.95. The molecule has 0 aliphatic carbocycles. The van der Waals surface area contributed by atoms with E-state index in [2.05, 4.69) is 11.7 Å². The summed E-state index contributed by atoms with van der Waals surface area (Å²) in [4.78, 5) is 10.4. The van der Waals surface area contributed by atoms with Crippen molar-refractivity contribution in [2.75, 3.05) is 46.2 Å². The number of ether oxygens (including phenoxy) is 4. The third kappa shape index (κ3) is 17.9. The number of halogens is 3. The highest BCUT2D eigenvalue weighted by Crippen LogP contribution is 2.16. The van der Waals surface area contributed by atoms with Gasteiger partial charge in [0.25, 0.3) is 0 Å². The molecular formula is C18H33F3O5. The summed E-state index contributed by atoms with van der Waals surface area (Å²) in [6.07, 6.45) is 5.14. The quantitative estimate of drug-likeness (QED) is 0.260. The molecule has 5 nitrogen and oxygen atoms in total. The van der Waals surface area contributed by atoms with E-state index in [9.17, 15) is 18.0 Å². The van der Waals surface area contributed by atoms with Crippen molar-refractivity contribution >= 4 is 5.97 Å². The van der Waals surface area contributed by atoms with Crippen molar-refractivity contribution < 1.29 is 36.9 Å². The molecule has 0 radical (unpaired) electrons. The molecule has 0 amide bonds. The average molecular weight is 386 g/mol. The van der Waals surface area contributed by atoms with Crippen LogP contribution < -0.4 is 0 Å². The van der Waals surface area contributed by atoms with Crippen LogP contribution in [0.4, 0.5) is 13.2 Å². The van der Waals surface area contributed by atoms with E-state index >= 15 is 0 Å². The second kappa shape index (κ2) is 17.5. The maximum Gasteiger partial charge on any atom is 0.490 e. The number of hydrogen-bond donors (Lipinski definition) is 0. The highest BCUT2D eigenvalue weighted by molar-refractivity contribution is 5.75. The third-order valence-electron chi connectivity index (χ3n) is 3.58. The van der Waals surface area contributed by atoms with Crippen LogP contribution in [-0.4, -0.2) is 58.4 Å². The molecule has 0 fully saturated rings. The Morgan fingerprint density at radius 2 is 1.08 bits per heavy atom. The first-order valence-corrected chi connectivity index (χ1v) is 9.45. The zero-order valence-corrected chi connectivity index (χ0v) is 15.8. The lowest BCUT2D eigenvalue weighted by Crippen LogP contribution is -2.26. The van der Waals surface area contributed by atoms with Gasteiger partial charge in [0, 0.05) is 6.61 Å². The van der Waals surface area contributed by atoms with Crippen molar-refractivity contribution in [1.82, 2.24) is 0 Å². The lowest BCUT2D eigenvalue weighted by atomic mass is 10.1. The van der Waals surface area contributed by atoms with Crippen LogP contribution >= 0.6 is 0 Å². The van der Waals surface area contributed by atoms with Gasteiger partial charge in [0.2, 0.25) is 0 Å². The van der Waals surface area contributed by atoms with Gasteiger partial charge in [-0.25, -0.2) is 4.79 Å². The molecule has 26 heavy (non-hydrogen) atoms. The van der Waals surface area contributed by atoms with Crippen LogP contribution in [-0.2, 0) is 23.7 Å². The molecule has 0 N–H and O–H groups in total. The zero-order valence-electron chi connectivity index (χ0n) is 15.8. The number of alkyl halides is 3. The van der Waals surface area contributed by atoms with Crippen molar-refractivity contribution in [1.29, 1.82) is 0 Å². The smallest absolute Gasteiger partial charge is 0.457 e. The van der Waals surface area contributed by atoms with Crippen molar-refractivity contribution in [3.63, 3.8) is 0 Å². The molecule has 0 aliphatic rings. The van der Waals surface area contributed by atoms with Gasteiger partial charge in [-0.15, -0.1) is 0 Å². The molecule has 0 saturated carbocycles. The summed E-state index contributed by atoms with van der Waals surface area (Å²) in [6.45, 7) is 3.92. The van der Waals surface area contributed by atoms with Crippen molar-refractivity contribution in [2.45, 2.75) is 64.5 Å². The van der Waals surface area contributed by atoms with Crippen LogP contribution in [0.1, 0.15) is 58.3 Å². The fourth-order valence-electron chi connectivity index (χ4n) is 2.16. The minimum atomic E-state index is -4.96. The molecule has 0 saturated heterocycles. The van der Waals surface area contributed by atoms with Crippen molar-refractivity contribution in [3.8, 4) is 0 Å². The summed E-state index contributed by atoms with van der Waals surface area (Å²) >= 11 is 0. The zero-order chi connectivity index (χ0) is 19.5. The van der Waals surface area contributed by atoms with E-state index in [4.69, 9.17) is 14.2 Å². The van der Waals surface area contributed by atoms with Crippen molar-refractivity contribution in [3.05, 3.63) is 0 Å². The van der Waals surface area contributed by atoms with Gasteiger partial charge in [0.1, 0.15) is 6.61 Å². The average Bonchev–Trinajstić information content (AvgIpc) is 2.59. The Labute approximate surface area is 154 Å². The van der Waals surface area contributed by atoms with Gasteiger partial charge >= 0.3 is 12.1 Å². The van der Waals surface area contributed by atoms with E-state index in [1.807, 2.05) is 0 Å². The Kier molecular flexibility index (Phi) is 17.0. The van der Waals surface area contributed by atoms with Gasteiger partial charge in [0.15, 0.2) is 0 Å². The van der Waals surface area contributed by atoms with Gasteiger partial charge in [-0.1, -0.05) is 51.9 Å². The lowest BCUT2D eigenvalue weighted by molar-refractivity contribution is -0.200. The highest BCUT2D eigenvalue weighted by Gasteiger charge is 2.40. The van der Waals surface area contributed by atoms with Gasteiger partial charge in [-0.05, 0) is 6.42 Å². The molecule has 0 aromatic carbocycles. The number of unbranched alkanes of at least 4 members (excludes halogenated alkanes) is 7. The SMILES string of the molecule is CCCCCCCCCCOCCOCCOCCOC(=O)C(F)(F)F. The molecule has 8 heteroatoms. The van der Waals surface area contributed by atoms with Gasteiger partial charge in [-0.2, -0.15) is 13.2 Å². The summed E-state index contributed by atoms with van der Waals surface area (Å²) in [5.74, 6) is -2.20. The van der Waals surface area contributed by atoms with Gasteiger partial charge in [-0.3, -0.25) is 0 Å². The van der Waals surface area contributed by atoms with Crippen LogP contribution in [0.25, 0.3) is 0 Å². The molecule has 0 aromatic heterocycles. The monoisotopic (exact) mass is 386 g/mol. The summed E-state index contributed by atoms with van der Waals surface area (Å²) in [5.41, 5.74) is 0. The van der Waals surface area contributed by atoms with Crippen molar-refractivity contribution in [2.24, 2.45) is 0 Å². The Hall–Kier alpha value is -0.860. The Morgan fingerprint density at radius 1 is 0.654 bits per heavy atom. The number of carbonyl (C=O) groups excluding carboxylic acids is 1. The Bertz CT molecular complexity index is 324. The molecular weight excluding hydrogens is 353 g/mol. The molecule has 0 aromatic rings. The Morgan fingerprint density at radius 3 is 1.58 bits per heavy atom. The predicted octanol–water partition coefficient (Wildman–Crippen LogP) is 4.28. The minimum Gasteiger partial charge on any atom is -0.457 e. The first kappa shape index (κ1) is 25.1. The molecule has 0 unspecified atom stereocenters. The van der Waals surface area contributed by atoms with E-state index in [0.29, 0.717) is 19.8 Å². The normalized spacial score (nSPS) is 11.7. The van der Waals surface area contributed by atoms with Crippen LogP contribution in [0.5, 0.6) is 0 Å². The molecule has 156 valence electrons. The summed E-state index contributed by atoms with van der Waals surface area (Å²) in [6, 6.07) is 0. The Balaban J connectivity index is 3.10. The van der Waals surface area contributed by atoms with E-state index in [1.165, 1.54) is 44.9 Å². The topological polar surface area (TPSA) is 54.0 Å². The van der Waals surface area contributed by atoms with Crippen LogP contribution in [0, 0.1) is 0 Å². The van der Waals surface area contributed by atoms with Crippen LogP contribution in [0.2, 0.25) is 0 Å². The summed E-state index contributed by atoms with van der Waals surface area (Å²) in [5, 5.41) is 0. The standard InChI is InChI=1S/C18H33F3O5/c1-2-3-4-5-6-7-8-9-10-23-11-12-24-13-14-25-15-16-26-17(22)18(19,20)21/h2-16H2,1H3. The van der Waals surface area contributed by atoms with E-state index < -0.39 is 18.8 Å². The van der Waals surface area contributed by atoms with Gasteiger partial charge < -0.3 is 18.9 Å². The first-order chi connectivity index (χ1) is 12.5. The third-order valence-corrected chi connectivity index (χ3v) is 3.58. The number of hydrogen-bond acceptors (Lipinski definition) is 5. The number of esters is 1. The van der Waals surface area contributed by atoms with Gasteiger partial charge in [0.05, 0.1) is 33.0 Å². The van der Waals surface area contributed by atoms with Crippen LogP contribution in [0.15, 0.2) is 0 Å². The number of rotatable bonds is 18. The molecule has 0 atom stereocenters. The number of carbonyl (C=O) groups is 1. The predicted molar refractivity (Wildman–Crippen MR) is 92.1 cm³/mol. The molecule has 0 bridgehead atoms. The fourth-order valence-corrected chi connectivity index (χ4v) is 2.16. The second-order valence-electron chi connectivity index (χ2n) is 5.95. The summed E-state index contributed by atoms with van der Waals surface area (Å²) in [7, 11) is 0. The minimum absolute atomic E-state index is 0.0971. The fraction of sp³-hybridized carbons (Fsp3) is 0.944. The maximum atomic E-state index is 11.8. The molecule has 0 heterocycles. The van der Waals surface area contributed by atoms with Crippen LogP contribution in [0.3, 0.4) is 0 Å². The summed E-state index contributed by atoms with van der Waals surface area (Å²) < 4.78 is 55.2. The largest absolute Gasteiger partial charge is 0.490 e. The molecule has 0 spiro atoms. The first-order valence-electron chi connectivity index (χ1n) is 9.45. The maximum absolute atomic E-state index is 11.8. The highest BCUT2D eigenvalue weighted by atomic mass is 19.4. The van der Waals surface area contributed by atoms with E-state index in [-0.39, 0.29) is 13.2 Å². The lowest BCUT2D eigenvalue weighted by Gasteiger charge is -2.08. The van der Waals surface area contributed by atoms with E-state index in [1.54, 1.807) is 0 Å². The molecule has 0 aliphatic heterocycles. The molecule has 0 rings (SSSR count).